The van der Waals surface area contributed by atoms with E-state index in [2.05, 4.69) is 10.6 Å². The van der Waals surface area contributed by atoms with Gasteiger partial charge >= 0.3 is 11.6 Å². The maximum absolute atomic E-state index is 11.7. The molecule has 0 radical (unpaired) electrons. The Morgan fingerprint density at radius 3 is 2.65 bits per heavy atom. The summed E-state index contributed by atoms with van der Waals surface area (Å²) in [6.45, 7) is 2.98. The van der Waals surface area contributed by atoms with E-state index in [0.29, 0.717) is 5.02 Å². The molecular weight excluding hydrogens is 282 g/mol. The molecule has 6 nitrogen and oxygen atoms in total. The van der Waals surface area contributed by atoms with Crippen LogP contribution in [0.2, 0.25) is 5.02 Å². The lowest BCUT2D eigenvalue weighted by atomic mass is 10.2. The normalized spacial score (nSPS) is 10.3. The molecule has 0 atom stereocenters. The highest BCUT2D eigenvalue weighted by molar-refractivity contribution is 6.31. The van der Waals surface area contributed by atoms with Gasteiger partial charge in [-0.3, -0.25) is 19.4 Å². The summed E-state index contributed by atoms with van der Waals surface area (Å²) in [7, 11) is 0. The first-order valence-corrected chi connectivity index (χ1v) is 6.28. The lowest BCUT2D eigenvalue weighted by Crippen LogP contribution is -2.41. The molecule has 0 saturated heterocycles. The predicted molar refractivity (Wildman–Crippen MR) is 71.6 cm³/mol. The number of carbonyl (C=O) groups excluding carboxylic acids is 2. The molecule has 1 heterocycles. The first-order chi connectivity index (χ1) is 9.49. The Morgan fingerprint density at radius 2 is 2.05 bits per heavy atom. The number of aromatic nitrogens is 2. The number of amides is 1. The third kappa shape index (κ3) is 3.03. The maximum atomic E-state index is 11.7. The molecule has 1 aromatic heterocycles. The summed E-state index contributed by atoms with van der Waals surface area (Å²) in [4.78, 5) is 22.8. The van der Waals surface area contributed by atoms with Gasteiger partial charge < -0.3 is 0 Å². The Bertz CT molecular complexity index is 667. The van der Waals surface area contributed by atoms with Gasteiger partial charge in [0.05, 0.1) is 5.02 Å². The van der Waals surface area contributed by atoms with Crippen molar-refractivity contribution in [1.29, 1.82) is 0 Å². The van der Waals surface area contributed by atoms with Crippen molar-refractivity contribution in [1.82, 2.24) is 5.27 Å². The van der Waals surface area contributed by atoms with Gasteiger partial charge in [0.2, 0.25) is 23.5 Å². The minimum atomic E-state index is -0.339. The second-order valence-corrected chi connectivity index (χ2v) is 4.64. The zero-order chi connectivity index (χ0) is 14.7. The first-order valence-electron chi connectivity index (χ1n) is 5.90. The van der Waals surface area contributed by atoms with Gasteiger partial charge in [-0.1, -0.05) is 29.8 Å². The zero-order valence-electron chi connectivity index (χ0n) is 11.0. The number of hydrogen-bond donors (Lipinski definition) is 1. The molecule has 0 aliphatic heterocycles. The number of nitrogens with one attached hydrogen (secondary N) is 1. The van der Waals surface area contributed by atoms with Gasteiger partial charge in [0.1, 0.15) is 0 Å². The zero-order valence-corrected chi connectivity index (χ0v) is 11.8. The molecular formula is C13H13ClN3O3+. The van der Waals surface area contributed by atoms with Gasteiger partial charge in [-0.2, -0.15) is 0 Å². The summed E-state index contributed by atoms with van der Waals surface area (Å²) >= 11 is 6.07. The summed E-state index contributed by atoms with van der Waals surface area (Å²) in [5.41, 5.74) is 0.990. The van der Waals surface area contributed by atoms with E-state index in [4.69, 9.17) is 16.1 Å². The molecule has 2 aromatic rings. The highest BCUT2D eigenvalue weighted by Crippen LogP contribution is 2.16. The molecule has 104 valence electrons. The van der Waals surface area contributed by atoms with Gasteiger partial charge in [-0.25, -0.2) is 0 Å². The predicted octanol–water partition coefficient (Wildman–Crippen LogP) is 1.82. The fourth-order valence-electron chi connectivity index (χ4n) is 1.77. The number of ketones is 1. The second-order valence-electron chi connectivity index (χ2n) is 4.24. The second kappa shape index (κ2) is 5.83. The lowest BCUT2D eigenvalue weighted by molar-refractivity contribution is -0.756. The van der Waals surface area contributed by atoms with Crippen LogP contribution in [0.5, 0.6) is 0 Å². The molecule has 0 unspecified atom stereocenters. The van der Waals surface area contributed by atoms with Gasteiger partial charge in [0, 0.05) is 19.4 Å². The van der Waals surface area contributed by atoms with Crippen molar-refractivity contribution < 1.29 is 18.8 Å². The fraction of sp³-hybridized carbons (Fsp3) is 0.231. The summed E-state index contributed by atoms with van der Waals surface area (Å²) in [6.07, 6.45) is 0. The van der Waals surface area contributed by atoms with E-state index in [0.717, 1.165) is 5.56 Å². The van der Waals surface area contributed by atoms with Crippen molar-refractivity contribution in [3.8, 4) is 0 Å². The van der Waals surface area contributed by atoms with Crippen LogP contribution in [0.15, 0.2) is 28.8 Å². The minimum Gasteiger partial charge on any atom is -0.289 e. The van der Waals surface area contributed by atoms with Crippen LogP contribution in [0.3, 0.4) is 0 Å². The molecule has 2 rings (SSSR count). The average Bonchev–Trinajstić information content (AvgIpc) is 2.74. The number of rotatable bonds is 4. The SMILES string of the molecule is CC(=O)Nc1on[n+](Cc2ccccc2Cl)c1C(C)=O. The average molecular weight is 295 g/mol. The minimum absolute atomic E-state index is 0.0389. The Kier molecular flexibility index (Phi) is 4.14. The molecule has 1 N–H and O–H groups in total. The quantitative estimate of drug-likeness (QED) is 0.689. The van der Waals surface area contributed by atoms with E-state index in [-0.39, 0.29) is 29.8 Å². The first kappa shape index (κ1) is 14.2. The smallest absolute Gasteiger partial charge is 0.289 e. The summed E-state index contributed by atoms with van der Waals surface area (Å²) in [5.74, 6) is -0.562. The van der Waals surface area contributed by atoms with Crippen molar-refractivity contribution in [3.05, 3.63) is 40.5 Å². The molecule has 1 amide bonds. The third-order valence-corrected chi connectivity index (χ3v) is 2.97. The largest absolute Gasteiger partial charge is 0.340 e. The van der Waals surface area contributed by atoms with Crippen molar-refractivity contribution in [2.45, 2.75) is 20.4 Å². The van der Waals surface area contributed by atoms with Crippen molar-refractivity contribution in [2.75, 3.05) is 5.32 Å². The molecule has 0 bridgehead atoms. The van der Waals surface area contributed by atoms with Crippen molar-refractivity contribution >= 4 is 29.2 Å². The van der Waals surface area contributed by atoms with Crippen LogP contribution in [0.25, 0.3) is 0 Å². The molecule has 0 saturated carbocycles. The Labute approximate surface area is 120 Å². The summed E-state index contributed by atoms with van der Waals surface area (Å²) in [6, 6.07) is 7.23. The monoisotopic (exact) mass is 294 g/mol. The molecule has 1 aromatic carbocycles. The Morgan fingerprint density at radius 1 is 1.35 bits per heavy atom. The Balaban J connectivity index is 2.37. The topological polar surface area (TPSA) is 76.1 Å². The number of hydrogen-bond acceptors (Lipinski definition) is 4. The van der Waals surface area contributed by atoms with Crippen LogP contribution < -0.4 is 10.00 Å². The highest BCUT2D eigenvalue weighted by atomic mass is 35.5. The van der Waals surface area contributed by atoms with Crippen LogP contribution in [0, 0.1) is 0 Å². The summed E-state index contributed by atoms with van der Waals surface area (Å²) in [5, 5.41) is 6.78. The molecule has 0 spiro atoms. The highest BCUT2D eigenvalue weighted by Gasteiger charge is 2.30. The van der Waals surface area contributed by atoms with Crippen LogP contribution >= 0.6 is 11.6 Å². The number of nitrogens with zero attached hydrogens (tertiary/aromatic N) is 2. The molecule has 0 aliphatic rings. The molecule has 0 fully saturated rings. The van der Waals surface area contributed by atoms with Crippen molar-refractivity contribution in [2.24, 2.45) is 0 Å². The van der Waals surface area contributed by atoms with E-state index < -0.39 is 0 Å². The maximum Gasteiger partial charge on any atom is 0.340 e. The van der Waals surface area contributed by atoms with E-state index in [1.165, 1.54) is 18.5 Å². The number of anilines is 1. The molecule has 7 heteroatoms. The van der Waals surface area contributed by atoms with E-state index in [1.807, 2.05) is 18.2 Å². The van der Waals surface area contributed by atoms with Crippen LogP contribution in [0.1, 0.15) is 29.9 Å². The van der Waals surface area contributed by atoms with E-state index in [9.17, 15) is 9.59 Å². The number of Topliss-reactive ketones (excluding diaryl/α,β-unsaturated/α-hetero) is 1. The standard InChI is InChI=1S/C13H12ClN3O3/c1-8(18)12-13(15-9(2)19)20-16-17(12)7-10-5-3-4-6-11(10)14/h3-6H,7H2,1-2H3/p+1. The summed E-state index contributed by atoms with van der Waals surface area (Å²) < 4.78 is 6.37. The van der Waals surface area contributed by atoms with E-state index >= 15 is 0 Å². The van der Waals surface area contributed by atoms with Gasteiger partial charge in [-0.05, 0) is 10.7 Å². The fourth-order valence-corrected chi connectivity index (χ4v) is 1.97. The molecule has 20 heavy (non-hydrogen) atoms. The van der Waals surface area contributed by atoms with E-state index in [1.54, 1.807) is 6.07 Å². The lowest BCUT2D eigenvalue weighted by Gasteiger charge is -1.98. The third-order valence-electron chi connectivity index (χ3n) is 2.60. The van der Waals surface area contributed by atoms with Crippen LogP contribution in [0.4, 0.5) is 5.88 Å². The van der Waals surface area contributed by atoms with Gasteiger partial charge in [-0.15, -0.1) is 0 Å². The number of benzene rings is 1. The number of carbonyl (C=O) groups is 2. The van der Waals surface area contributed by atoms with Crippen molar-refractivity contribution in [3.63, 3.8) is 0 Å². The molecule has 0 aliphatic carbocycles. The number of halogens is 1. The van der Waals surface area contributed by atoms with Crippen LogP contribution in [-0.4, -0.2) is 17.0 Å². The van der Waals surface area contributed by atoms with Crippen LogP contribution in [-0.2, 0) is 11.3 Å². The van der Waals surface area contributed by atoms with Gasteiger partial charge in [0.15, 0.2) is 0 Å². The van der Waals surface area contributed by atoms with Gasteiger partial charge in [0.25, 0.3) is 0 Å². The Hall–Kier alpha value is -2.21.